The molecule has 0 radical (unpaired) electrons. The van der Waals surface area contributed by atoms with Crippen LogP contribution in [0.1, 0.15) is 17.2 Å². The first-order chi connectivity index (χ1) is 14.7. The molecule has 9 nitrogen and oxygen atoms in total. The minimum Gasteiger partial charge on any atom is -0.462 e. The van der Waals surface area contributed by atoms with E-state index in [2.05, 4.69) is 5.32 Å². The number of nitrogens with zero attached hydrogens (tertiary/aromatic N) is 1. The van der Waals surface area contributed by atoms with E-state index < -0.39 is 46.4 Å². The maximum Gasteiger partial charge on any atom is 0.323 e. The van der Waals surface area contributed by atoms with Crippen LogP contribution >= 0.6 is 23.2 Å². The minimum absolute atomic E-state index is 0.170. The number of nitrogens with two attached hydrogens (primary N) is 1. The maximum absolute atomic E-state index is 12.3. The van der Waals surface area contributed by atoms with E-state index in [-0.39, 0.29) is 17.7 Å². The number of amides is 1. The van der Waals surface area contributed by atoms with Crippen molar-refractivity contribution in [1.82, 2.24) is 5.32 Å². The molecule has 3 atom stereocenters. The lowest BCUT2D eigenvalue weighted by atomic mass is 10.0. The second-order valence-corrected chi connectivity index (χ2v) is 7.73. The van der Waals surface area contributed by atoms with E-state index in [4.69, 9.17) is 33.7 Å². The van der Waals surface area contributed by atoms with Crippen LogP contribution in [0.3, 0.4) is 0 Å². The van der Waals surface area contributed by atoms with Gasteiger partial charge in [0.1, 0.15) is 18.8 Å². The molecule has 0 saturated heterocycles. The topological polar surface area (TPSA) is 145 Å². The highest BCUT2D eigenvalue weighted by Gasteiger charge is 2.28. The fraction of sp³-hybridized carbons (Fsp3) is 0.300. The largest absolute Gasteiger partial charge is 0.462 e. The minimum atomic E-state index is -1.41. The number of hydrogen-bond donors (Lipinski definition) is 3. The first-order valence-electron chi connectivity index (χ1n) is 9.16. The summed E-state index contributed by atoms with van der Waals surface area (Å²) >= 11 is 11.1. The van der Waals surface area contributed by atoms with E-state index in [0.29, 0.717) is 0 Å². The van der Waals surface area contributed by atoms with Crippen molar-refractivity contribution < 1.29 is 24.4 Å². The number of carbonyl (C=O) groups excluding carboxylic acids is 2. The maximum atomic E-state index is 12.3. The van der Waals surface area contributed by atoms with Gasteiger partial charge in [0, 0.05) is 12.1 Å². The van der Waals surface area contributed by atoms with Crippen LogP contribution in [0.5, 0.6) is 0 Å². The van der Waals surface area contributed by atoms with Crippen LogP contribution in [0.2, 0.25) is 0 Å². The van der Waals surface area contributed by atoms with Crippen molar-refractivity contribution >= 4 is 40.8 Å². The van der Waals surface area contributed by atoms with Crippen molar-refractivity contribution in [1.29, 1.82) is 0 Å². The van der Waals surface area contributed by atoms with Crippen molar-refractivity contribution in [3.63, 3.8) is 0 Å². The van der Waals surface area contributed by atoms with Crippen LogP contribution in [-0.4, -0.2) is 45.4 Å². The predicted octanol–water partition coefficient (Wildman–Crippen LogP) is 2.03. The molecule has 11 heteroatoms. The normalized spacial score (nSPS) is 13.8. The van der Waals surface area contributed by atoms with E-state index in [1.54, 1.807) is 0 Å². The molecular formula is C20H21Cl2N3O6. The van der Waals surface area contributed by atoms with Gasteiger partial charge in [0.25, 0.3) is 11.6 Å². The molecule has 0 aromatic heterocycles. The molecule has 2 aromatic rings. The molecule has 31 heavy (non-hydrogen) atoms. The van der Waals surface area contributed by atoms with Gasteiger partial charge >= 0.3 is 5.97 Å². The number of ether oxygens (including phenoxy) is 1. The lowest BCUT2D eigenvalue weighted by molar-refractivity contribution is -0.384. The average molecular weight is 470 g/mol. The summed E-state index contributed by atoms with van der Waals surface area (Å²) in [7, 11) is 0. The average Bonchev–Trinajstić information content (AvgIpc) is 2.76. The Hall–Kier alpha value is -2.72. The third-order valence-corrected chi connectivity index (χ3v) is 4.76. The molecule has 0 saturated carbocycles. The Morgan fingerprint density at radius 3 is 2.29 bits per heavy atom. The summed E-state index contributed by atoms with van der Waals surface area (Å²) in [5, 5.41) is 23.8. The molecule has 2 rings (SSSR count). The molecule has 0 aliphatic heterocycles. The molecule has 1 amide bonds. The number of aliphatic hydroxyl groups excluding tert-OH is 1. The number of nitrogens with one attached hydrogen (secondary N) is 1. The lowest BCUT2D eigenvalue weighted by Gasteiger charge is -2.25. The fourth-order valence-electron chi connectivity index (χ4n) is 2.71. The summed E-state index contributed by atoms with van der Waals surface area (Å²) in [5.41, 5.74) is 6.81. The third-order valence-electron chi connectivity index (χ3n) is 4.36. The van der Waals surface area contributed by atoms with Crippen LogP contribution in [0.4, 0.5) is 5.69 Å². The van der Waals surface area contributed by atoms with Gasteiger partial charge in [-0.15, -0.1) is 0 Å². The molecule has 0 spiro atoms. The highest BCUT2D eigenvalue weighted by atomic mass is 35.5. The number of alkyl halides is 2. The molecule has 0 aliphatic carbocycles. The third kappa shape index (κ3) is 7.48. The second-order valence-electron chi connectivity index (χ2n) is 6.64. The highest BCUT2D eigenvalue weighted by Crippen LogP contribution is 2.21. The monoisotopic (exact) mass is 469 g/mol. The molecule has 2 aromatic carbocycles. The zero-order valence-corrected chi connectivity index (χ0v) is 17.7. The molecule has 3 unspecified atom stereocenters. The van der Waals surface area contributed by atoms with E-state index >= 15 is 0 Å². The number of esters is 1. The Kier molecular flexibility index (Phi) is 9.20. The quantitative estimate of drug-likeness (QED) is 0.209. The number of aliphatic hydroxyl groups is 1. The van der Waals surface area contributed by atoms with Gasteiger partial charge in [-0.05, 0) is 29.7 Å². The molecule has 0 heterocycles. The SMILES string of the molecule is NC(Cc1ccccc1)C(=O)OCC(NC(=O)C(Cl)Cl)C(O)c1ccc([N+](=O)[O-])cc1. The summed E-state index contributed by atoms with van der Waals surface area (Å²) in [6.45, 7) is -0.425. The van der Waals surface area contributed by atoms with Crippen LogP contribution in [0.25, 0.3) is 0 Å². The summed E-state index contributed by atoms with van der Waals surface area (Å²) in [6.07, 6.45) is -1.12. The van der Waals surface area contributed by atoms with Gasteiger partial charge < -0.3 is 20.9 Å². The Labute approximate surface area is 188 Å². The number of nitro groups is 1. The van der Waals surface area contributed by atoms with Gasteiger partial charge in [-0.2, -0.15) is 0 Å². The van der Waals surface area contributed by atoms with Crippen LogP contribution < -0.4 is 11.1 Å². The number of non-ortho nitro benzene ring substituents is 1. The number of hydrogen-bond acceptors (Lipinski definition) is 7. The molecule has 0 aliphatic rings. The Balaban J connectivity index is 2.07. The van der Waals surface area contributed by atoms with Crippen molar-refractivity contribution in [2.75, 3.05) is 6.61 Å². The molecule has 166 valence electrons. The van der Waals surface area contributed by atoms with E-state index in [9.17, 15) is 24.8 Å². The summed E-state index contributed by atoms with van der Waals surface area (Å²) in [4.78, 5) is 33.0. The molecule has 0 fully saturated rings. The van der Waals surface area contributed by atoms with Gasteiger partial charge in [-0.1, -0.05) is 53.5 Å². The fourth-order valence-corrected chi connectivity index (χ4v) is 2.84. The summed E-state index contributed by atoms with van der Waals surface area (Å²) in [5.74, 6) is -1.54. The summed E-state index contributed by atoms with van der Waals surface area (Å²) < 4.78 is 5.19. The Morgan fingerprint density at radius 2 is 1.74 bits per heavy atom. The van der Waals surface area contributed by atoms with Crippen molar-refractivity contribution in [2.24, 2.45) is 5.73 Å². The van der Waals surface area contributed by atoms with E-state index in [1.807, 2.05) is 30.3 Å². The first-order valence-corrected chi connectivity index (χ1v) is 10.0. The van der Waals surface area contributed by atoms with E-state index in [1.165, 1.54) is 24.3 Å². The van der Waals surface area contributed by atoms with Gasteiger partial charge in [-0.25, -0.2) is 0 Å². The zero-order chi connectivity index (χ0) is 23.0. The van der Waals surface area contributed by atoms with Gasteiger partial charge in [0.15, 0.2) is 4.84 Å². The van der Waals surface area contributed by atoms with Gasteiger partial charge in [0.2, 0.25) is 0 Å². The predicted molar refractivity (Wildman–Crippen MR) is 115 cm³/mol. The lowest BCUT2D eigenvalue weighted by Crippen LogP contribution is -2.46. The zero-order valence-electron chi connectivity index (χ0n) is 16.2. The number of carbonyl (C=O) groups is 2. The van der Waals surface area contributed by atoms with Crippen molar-refractivity contribution in [3.05, 3.63) is 75.8 Å². The van der Waals surface area contributed by atoms with E-state index in [0.717, 1.165) is 5.56 Å². The van der Waals surface area contributed by atoms with Crippen molar-refractivity contribution in [3.8, 4) is 0 Å². The number of nitro benzene ring substituents is 1. The second kappa shape index (κ2) is 11.6. The number of benzene rings is 2. The van der Waals surface area contributed by atoms with Crippen LogP contribution in [0.15, 0.2) is 54.6 Å². The number of halogens is 2. The first kappa shape index (κ1) is 24.5. The van der Waals surface area contributed by atoms with Crippen LogP contribution in [0, 0.1) is 10.1 Å². The highest BCUT2D eigenvalue weighted by molar-refractivity contribution is 6.53. The molecule has 0 bridgehead atoms. The Morgan fingerprint density at radius 1 is 1.13 bits per heavy atom. The number of rotatable bonds is 10. The Bertz CT molecular complexity index is 896. The molecular weight excluding hydrogens is 449 g/mol. The van der Waals surface area contributed by atoms with Crippen molar-refractivity contribution in [2.45, 2.75) is 29.4 Å². The standard InChI is InChI=1S/C20H21Cl2N3O6/c21-18(22)19(27)24-16(17(26)13-6-8-14(9-7-13)25(29)30)11-31-20(28)15(23)10-12-4-2-1-3-5-12/h1-9,15-18,26H,10-11,23H2,(H,24,27). The van der Waals surface area contributed by atoms with Crippen LogP contribution in [-0.2, 0) is 20.7 Å². The molecule has 4 N–H and O–H groups in total. The van der Waals surface area contributed by atoms with Gasteiger partial charge in [-0.3, -0.25) is 19.7 Å². The summed E-state index contributed by atoms with van der Waals surface area (Å²) in [6, 6.07) is 12.1. The smallest absolute Gasteiger partial charge is 0.323 e. The van der Waals surface area contributed by atoms with Gasteiger partial charge in [0.05, 0.1) is 11.0 Å².